The molecule has 2 aromatic rings. The molecule has 0 spiro atoms. The van der Waals surface area contributed by atoms with Crippen LogP contribution in [0.25, 0.3) is 0 Å². The Bertz CT molecular complexity index is 815. The van der Waals surface area contributed by atoms with Crippen LogP contribution in [0.5, 0.6) is 11.5 Å². The number of anilines is 1. The molecular formula is C20H29N5O4. The molecule has 1 N–H and O–H groups in total. The van der Waals surface area contributed by atoms with Crippen LogP contribution in [0.15, 0.2) is 22.7 Å². The third-order valence-electron chi connectivity index (χ3n) is 4.87. The van der Waals surface area contributed by atoms with Crippen molar-refractivity contribution in [3.63, 3.8) is 0 Å². The number of methoxy groups -OCH3 is 2. The van der Waals surface area contributed by atoms with Gasteiger partial charge in [0.15, 0.2) is 5.82 Å². The number of nitrogens with one attached hydrogen (secondary N) is 1. The lowest BCUT2D eigenvalue weighted by atomic mass is 10.2. The Hall–Kier alpha value is -2.65. The van der Waals surface area contributed by atoms with Crippen LogP contribution in [0.2, 0.25) is 0 Å². The molecule has 0 saturated carbocycles. The lowest BCUT2D eigenvalue weighted by Gasteiger charge is -2.33. The molecule has 0 atom stereocenters. The van der Waals surface area contributed by atoms with E-state index in [1.165, 1.54) is 0 Å². The largest absolute Gasteiger partial charge is 0.497 e. The van der Waals surface area contributed by atoms with Gasteiger partial charge in [0.2, 0.25) is 11.8 Å². The predicted molar refractivity (Wildman–Crippen MR) is 108 cm³/mol. The van der Waals surface area contributed by atoms with Crippen LogP contribution >= 0.6 is 0 Å². The summed E-state index contributed by atoms with van der Waals surface area (Å²) in [6, 6.07) is 5.32. The number of ether oxygens (including phenoxy) is 2. The number of carbonyl (C=O) groups excluding carboxylic acids is 1. The normalized spacial score (nSPS) is 15.5. The molecule has 0 radical (unpaired) electrons. The first-order valence-electron chi connectivity index (χ1n) is 9.77. The van der Waals surface area contributed by atoms with Gasteiger partial charge in [0.05, 0.1) is 33.0 Å². The molecule has 9 nitrogen and oxygen atoms in total. The van der Waals surface area contributed by atoms with Crippen molar-refractivity contribution in [1.82, 2.24) is 19.9 Å². The fraction of sp³-hybridized carbons (Fsp3) is 0.550. The number of nitrogens with zero attached hydrogens (tertiary/aromatic N) is 4. The van der Waals surface area contributed by atoms with Crippen LogP contribution in [0.4, 0.5) is 5.69 Å². The highest BCUT2D eigenvalue weighted by Gasteiger charge is 2.21. The summed E-state index contributed by atoms with van der Waals surface area (Å²) in [5.74, 6) is 2.82. The van der Waals surface area contributed by atoms with Crippen molar-refractivity contribution in [3.8, 4) is 11.5 Å². The van der Waals surface area contributed by atoms with Gasteiger partial charge in [-0.05, 0) is 12.1 Å². The number of carbonyl (C=O) groups is 1. The van der Waals surface area contributed by atoms with Gasteiger partial charge in [-0.1, -0.05) is 19.0 Å². The first-order valence-corrected chi connectivity index (χ1v) is 9.77. The van der Waals surface area contributed by atoms with Crippen molar-refractivity contribution in [2.75, 3.05) is 52.3 Å². The summed E-state index contributed by atoms with van der Waals surface area (Å²) in [5.41, 5.74) is 0.634. The van der Waals surface area contributed by atoms with Gasteiger partial charge in [-0.15, -0.1) is 0 Å². The van der Waals surface area contributed by atoms with Gasteiger partial charge >= 0.3 is 0 Å². The second kappa shape index (κ2) is 9.71. The molecule has 1 aliphatic rings. The van der Waals surface area contributed by atoms with E-state index in [1.54, 1.807) is 32.4 Å². The molecule has 1 saturated heterocycles. The Labute approximate surface area is 171 Å². The molecule has 1 amide bonds. The van der Waals surface area contributed by atoms with Crippen LogP contribution in [-0.4, -0.2) is 72.8 Å². The highest BCUT2D eigenvalue weighted by molar-refractivity contribution is 5.93. The third kappa shape index (κ3) is 5.68. The molecule has 0 bridgehead atoms. The first kappa shape index (κ1) is 21.1. The predicted octanol–water partition coefficient (Wildman–Crippen LogP) is 1.97. The first-order chi connectivity index (χ1) is 14.0. The molecule has 0 aliphatic carbocycles. The zero-order valence-corrected chi connectivity index (χ0v) is 17.5. The van der Waals surface area contributed by atoms with Gasteiger partial charge in [0.1, 0.15) is 11.5 Å². The molecule has 1 aliphatic heterocycles. The van der Waals surface area contributed by atoms with Gasteiger partial charge in [0, 0.05) is 38.2 Å². The van der Waals surface area contributed by atoms with E-state index in [4.69, 9.17) is 14.0 Å². The summed E-state index contributed by atoms with van der Waals surface area (Å²) >= 11 is 0. The SMILES string of the molecule is COc1ccc(NC(=O)CN2CCN(Cc3nc(C(C)C)no3)CC2)c(OC)c1. The fourth-order valence-corrected chi connectivity index (χ4v) is 3.16. The molecule has 9 heteroatoms. The minimum absolute atomic E-state index is 0.0691. The smallest absolute Gasteiger partial charge is 0.240 e. The Kier molecular flexibility index (Phi) is 7.05. The van der Waals surface area contributed by atoms with Gasteiger partial charge in [-0.2, -0.15) is 4.98 Å². The average Bonchev–Trinajstić information content (AvgIpc) is 3.18. The van der Waals surface area contributed by atoms with Crippen molar-refractivity contribution in [3.05, 3.63) is 29.9 Å². The van der Waals surface area contributed by atoms with E-state index in [0.29, 0.717) is 36.2 Å². The maximum atomic E-state index is 12.5. The van der Waals surface area contributed by atoms with E-state index in [2.05, 4.69) is 25.3 Å². The van der Waals surface area contributed by atoms with Crippen LogP contribution in [0, 0.1) is 0 Å². The monoisotopic (exact) mass is 403 g/mol. The molecular weight excluding hydrogens is 374 g/mol. The van der Waals surface area contributed by atoms with Crippen molar-refractivity contribution < 1.29 is 18.8 Å². The summed E-state index contributed by atoms with van der Waals surface area (Å²) in [5, 5.41) is 6.92. The molecule has 2 heterocycles. The standard InChI is InChI=1S/C20H29N5O4/c1-14(2)20-22-19(29-23-20)13-25-9-7-24(8-10-25)12-18(26)21-16-6-5-15(27-3)11-17(16)28-4/h5-6,11,14H,7-10,12-13H2,1-4H3,(H,21,26). The fourth-order valence-electron chi connectivity index (χ4n) is 3.16. The second-order valence-corrected chi connectivity index (χ2v) is 7.37. The highest BCUT2D eigenvalue weighted by Crippen LogP contribution is 2.29. The topological polar surface area (TPSA) is 93.0 Å². The zero-order valence-electron chi connectivity index (χ0n) is 17.5. The average molecular weight is 403 g/mol. The van der Waals surface area contributed by atoms with E-state index < -0.39 is 0 Å². The van der Waals surface area contributed by atoms with Crippen molar-refractivity contribution >= 4 is 11.6 Å². The zero-order chi connectivity index (χ0) is 20.8. The highest BCUT2D eigenvalue weighted by atomic mass is 16.5. The van der Waals surface area contributed by atoms with Gasteiger partial charge < -0.3 is 19.3 Å². The molecule has 1 aromatic carbocycles. The lowest BCUT2D eigenvalue weighted by molar-refractivity contribution is -0.117. The number of amides is 1. The van der Waals surface area contributed by atoms with E-state index >= 15 is 0 Å². The minimum atomic E-state index is -0.0691. The Morgan fingerprint density at radius 2 is 1.90 bits per heavy atom. The lowest BCUT2D eigenvalue weighted by Crippen LogP contribution is -2.48. The van der Waals surface area contributed by atoms with Crippen LogP contribution in [-0.2, 0) is 11.3 Å². The number of aromatic nitrogens is 2. The third-order valence-corrected chi connectivity index (χ3v) is 4.87. The van der Waals surface area contributed by atoms with E-state index in [-0.39, 0.29) is 11.8 Å². The van der Waals surface area contributed by atoms with Crippen LogP contribution in [0.3, 0.4) is 0 Å². The van der Waals surface area contributed by atoms with Gasteiger partial charge in [-0.3, -0.25) is 14.6 Å². The summed E-state index contributed by atoms with van der Waals surface area (Å²) in [7, 11) is 3.16. The Morgan fingerprint density at radius 3 is 2.52 bits per heavy atom. The number of benzene rings is 1. The summed E-state index contributed by atoms with van der Waals surface area (Å²) in [6.45, 7) is 8.36. The number of hydrogen-bond donors (Lipinski definition) is 1. The summed E-state index contributed by atoms with van der Waals surface area (Å²) in [4.78, 5) is 21.3. The van der Waals surface area contributed by atoms with Gasteiger partial charge in [-0.25, -0.2) is 0 Å². The molecule has 158 valence electrons. The Balaban J connectivity index is 1.46. The summed E-state index contributed by atoms with van der Waals surface area (Å²) in [6.07, 6.45) is 0. The summed E-state index contributed by atoms with van der Waals surface area (Å²) < 4.78 is 15.8. The molecule has 0 unspecified atom stereocenters. The second-order valence-electron chi connectivity index (χ2n) is 7.37. The maximum Gasteiger partial charge on any atom is 0.240 e. The number of hydrogen-bond acceptors (Lipinski definition) is 8. The number of rotatable bonds is 8. The van der Waals surface area contributed by atoms with Crippen molar-refractivity contribution in [2.24, 2.45) is 0 Å². The van der Waals surface area contributed by atoms with E-state index in [9.17, 15) is 4.79 Å². The number of piperazine rings is 1. The molecule has 1 aromatic heterocycles. The van der Waals surface area contributed by atoms with Crippen LogP contribution < -0.4 is 14.8 Å². The van der Waals surface area contributed by atoms with Gasteiger partial charge in [0.25, 0.3) is 0 Å². The van der Waals surface area contributed by atoms with E-state index in [1.807, 2.05) is 13.8 Å². The quantitative estimate of drug-likeness (QED) is 0.715. The van der Waals surface area contributed by atoms with E-state index in [0.717, 1.165) is 32.0 Å². The molecule has 1 fully saturated rings. The Morgan fingerprint density at radius 1 is 1.17 bits per heavy atom. The molecule has 3 rings (SSSR count). The van der Waals surface area contributed by atoms with Crippen LogP contribution in [0.1, 0.15) is 31.5 Å². The maximum absolute atomic E-state index is 12.5. The molecule has 29 heavy (non-hydrogen) atoms. The minimum Gasteiger partial charge on any atom is -0.497 e. The van der Waals surface area contributed by atoms with Crippen molar-refractivity contribution in [2.45, 2.75) is 26.3 Å². The van der Waals surface area contributed by atoms with Crippen molar-refractivity contribution in [1.29, 1.82) is 0 Å².